The van der Waals surface area contributed by atoms with Gasteiger partial charge >= 0.3 is 11.9 Å². The molecule has 0 spiro atoms. The Balaban J connectivity index is 1.76. The molecule has 2 aromatic carbocycles. The molecule has 0 amide bonds. The number of hydrogen-bond acceptors (Lipinski definition) is 4. The van der Waals surface area contributed by atoms with Crippen LogP contribution in [0.3, 0.4) is 0 Å². The fraction of sp³-hybridized carbons (Fsp3) is 0.417. The number of halogens is 1. The Hall–Kier alpha value is -2.34. The van der Waals surface area contributed by atoms with Crippen LogP contribution in [0.1, 0.15) is 79.0 Å². The van der Waals surface area contributed by atoms with E-state index in [0.717, 1.165) is 12.8 Å². The van der Waals surface area contributed by atoms with Gasteiger partial charge in [-0.15, -0.1) is 0 Å². The fourth-order valence-corrected chi connectivity index (χ4v) is 3.49. The molecular formula is C24H29BrO5. The van der Waals surface area contributed by atoms with Crippen molar-refractivity contribution in [2.24, 2.45) is 0 Å². The summed E-state index contributed by atoms with van der Waals surface area (Å²) in [6, 6.07) is 10.8. The normalized spacial score (nSPS) is 10.6. The van der Waals surface area contributed by atoms with Gasteiger partial charge < -0.3 is 14.6 Å². The number of carboxylic acid groups (broad SMARTS) is 1. The summed E-state index contributed by atoms with van der Waals surface area (Å²) in [5, 5.41) is 8.91. The minimum atomic E-state index is -1.03. The van der Waals surface area contributed by atoms with Gasteiger partial charge in [-0.1, -0.05) is 51.9 Å². The number of carboxylic acids is 1. The van der Waals surface area contributed by atoms with Gasteiger partial charge in [0.2, 0.25) is 0 Å². The van der Waals surface area contributed by atoms with Crippen molar-refractivity contribution in [1.29, 1.82) is 0 Å². The van der Waals surface area contributed by atoms with Crippen molar-refractivity contribution >= 4 is 27.9 Å². The molecule has 0 aliphatic carbocycles. The number of ether oxygens (including phenoxy) is 2. The van der Waals surface area contributed by atoms with Crippen LogP contribution < -0.4 is 9.47 Å². The zero-order valence-electron chi connectivity index (χ0n) is 17.4. The first-order valence-corrected chi connectivity index (χ1v) is 11.3. The quantitative estimate of drug-likeness (QED) is 0.193. The van der Waals surface area contributed by atoms with Crippen molar-refractivity contribution in [3.05, 3.63) is 58.1 Å². The van der Waals surface area contributed by atoms with Crippen LogP contribution in [0.4, 0.5) is 0 Å². The summed E-state index contributed by atoms with van der Waals surface area (Å²) >= 11 is 3.45. The van der Waals surface area contributed by atoms with Crippen LogP contribution in [-0.2, 0) is 0 Å². The molecule has 5 nitrogen and oxygen atoms in total. The number of unbranched alkanes of at least 4 members (excludes halogenated alkanes) is 7. The molecule has 162 valence electrons. The minimum absolute atomic E-state index is 0.135. The molecule has 0 aromatic heterocycles. The van der Waals surface area contributed by atoms with E-state index in [1.54, 1.807) is 18.2 Å². The van der Waals surface area contributed by atoms with Crippen molar-refractivity contribution < 1.29 is 24.2 Å². The Labute approximate surface area is 186 Å². The zero-order chi connectivity index (χ0) is 21.8. The average Bonchev–Trinajstić information content (AvgIpc) is 2.73. The summed E-state index contributed by atoms with van der Waals surface area (Å²) in [7, 11) is 0. The number of rotatable bonds is 13. The molecule has 0 radical (unpaired) electrons. The number of hydrogen-bond donors (Lipinski definition) is 1. The molecule has 0 unspecified atom stereocenters. The van der Waals surface area contributed by atoms with E-state index < -0.39 is 11.9 Å². The van der Waals surface area contributed by atoms with E-state index in [1.807, 2.05) is 0 Å². The average molecular weight is 477 g/mol. The van der Waals surface area contributed by atoms with Crippen LogP contribution in [0.25, 0.3) is 0 Å². The maximum Gasteiger partial charge on any atom is 0.343 e. The summed E-state index contributed by atoms with van der Waals surface area (Å²) in [6.45, 7) is 2.87. The van der Waals surface area contributed by atoms with E-state index in [9.17, 15) is 9.59 Å². The predicted molar refractivity (Wildman–Crippen MR) is 121 cm³/mol. The number of carbonyl (C=O) groups excluding carboxylic acids is 1. The van der Waals surface area contributed by atoms with E-state index in [-0.39, 0.29) is 11.3 Å². The van der Waals surface area contributed by atoms with Gasteiger partial charge in [-0.3, -0.25) is 0 Å². The van der Waals surface area contributed by atoms with Gasteiger partial charge in [0.05, 0.1) is 22.2 Å². The van der Waals surface area contributed by atoms with Gasteiger partial charge in [0.1, 0.15) is 11.5 Å². The van der Waals surface area contributed by atoms with Gasteiger partial charge in [-0.25, -0.2) is 9.59 Å². The van der Waals surface area contributed by atoms with E-state index in [0.29, 0.717) is 22.4 Å². The topological polar surface area (TPSA) is 72.8 Å². The highest BCUT2D eigenvalue weighted by atomic mass is 79.9. The minimum Gasteiger partial charge on any atom is -0.492 e. The Morgan fingerprint density at radius 3 is 2.07 bits per heavy atom. The summed E-state index contributed by atoms with van der Waals surface area (Å²) in [6.07, 6.45) is 9.97. The summed E-state index contributed by atoms with van der Waals surface area (Å²) in [5.41, 5.74) is 0.513. The second kappa shape index (κ2) is 13.1. The highest BCUT2D eigenvalue weighted by Crippen LogP contribution is 2.27. The van der Waals surface area contributed by atoms with Crippen molar-refractivity contribution in [3.8, 4) is 11.5 Å². The third kappa shape index (κ3) is 8.19. The first-order chi connectivity index (χ1) is 14.5. The van der Waals surface area contributed by atoms with Crippen LogP contribution in [0.15, 0.2) is 46.9 Å². The molecule has 0 saturated heterocycles. The Morgan fingerprint density at radius 1 is 0.867 bits per heavy atom. The molecule has 2 aromatic rings. The van der Waals surface area contributed by atoms with E-state index >= 15 is 0 Å². The third-order valence-electron chi connectivity index (χ3n) is 4.73. The number of aromatic carboxylic acids is 1. The summed E-state index contributed by atoms with van der Waals surface area (Å²) in [5.74, 6) is -0.566. The third-order valence-corrected chi connectivity index (χ3v) is 5.35. The van der Waals surface area contributed by atoms with Crippen LogP contribution in [0.5, 0.6) is 11.5 Å². The van der Waals surface area contributed by atoms with E-state index in [2.05, 4.69) is 22.9 Å². The van der Waals surface area contributed by atoms with Gasteiger partial charge in [-0.2, -0.15) is 0 Å². The summed E-state index contributed by atoms with van der Waals surface area (Å²) in [4.78, 5) is 23.2. The van der Waals surface area contributed by atoms with Gasteiger partial charge in [0, 0.05) is 0 Å². The number of benzene rings is 2. The Bertz CT molecular complexity index is 817. The van der Waals surface area contributed by atoms with Gasteiger partial charge in [0.25, 0.3) is 0 Å². The smallest absolute Gasteiger partial charge is 0.343 e. The van der Waals surface area contributed by atoms with Crippen LogP contribution >= 0.6 is 15.9 Å². The lowest BCUT2D eigenvalue weighted by Gasteiger charge is -2.10. The molecule has 0 aliphatic heterocycles. The first kappa shape index (κ1) is 23.9. The molecule has 30 heavy (non-hydrogen) atoms. The van der Waals surface area contributed by atoms with E-state index in [1.165, 1.54) is 62.8 Å². The van der Waals surface area contributed by atoms with E-state index in [4.69, 9.17) is 14.6 Å². The molecule has 1 N–H and O–H groups in total. The second-order valence-corrected chi connectivity index (χ2v) is 8.04. The van der Waals surface area contributed by atoms with Gasteiger partial charge in [0.15, 0.2) is 0 Å². The zero-order valence-corrected chi connectivity index (χ0v) is 18.9. The maximum absolute atomic E-state index is 12.3. The maximum atomic E-state index is 12.3. The SMILES string of the molecule is CCCCCCCCCCOc1ccc(C(=O)Oc2ccc(C(=O)O)cc2)cc1Br. The predicted octanol–water partition coefficient (Wildman–Crippen LogP) is 6.89. The standard InChI is InChI=1S/C24H29BrO5/c1-2-3-4-5-6-7-8-9-16-29-22-15-12-19(17-21(22)25)24(28)30-20-13-10-18(11-14-20)23(26)27/h10-15,17H,2-9,16H2,1H3,(H,26,27). The molecule has 0 aliphatic rings. The number of esters is 1. The lowest BCUT2D eigenvalue weighted by Crippen LogP contribution is -2.09. The van der Waals surface area contributed by atoms with Crippen molar-refractivity contribution in [2.45, 2.75) is 58.3 Å². The van der Waals surface area contributed by atoms with Crippen molar-refractivity contribution in [2.75, 3.05) is 6.61 Å². The fourth-order valence-electron chi connectivity index (χ4n) is 2.99. The lowest BCUT2D eigenvalue weighted by atomic mass is 10.1. The lowest BCUT2D eigenvalue weighted by molar-refractivity contribution is 0.0696. The molecule has 0 heterocycles. The molecule has 6 heteroatoms. The molecule has 2 rings (SSSR count). The largest absolute Gasteiger partial charge is 0.492 e. The molecule has 0 atom stereocenters. The van der Waals surface area contributed by atoms with Crippen LogP contribution in [-0.4, -0.2) is 23.7 Å². The Morgan fingerprint density at radius 2 is 1.47 bits per heavy atom. The molecule has 0 bridgehead atoms. The second-order valence-electron chi connectivity index (χ2n) is 7.19. The monoisotopic (exact) mass is 476 g/mol. The molecule has 0 saturated carbocycles. The first-order valence-electron chi connectivity index (χ1n) is 10.5. The van der Waals surface area contributed by atoms with Crippen LogP contribution in [0, 0.1) is 0 Å². The summed E-state index contributed by atoms with van der Waals surface area (Å²) < 4.78 is 11.8. The van der Waals surface area contributed by atoms with Crippen molar-refractivity contribution in [1.82, 2.24) is 0 Å². The highest BCUT2D eigenvalue weighted by Gasteiger charge is 2.12. The molecular weight excluding hydrogens is 448 g/mol. The van der Waals surface area contributed by atoms with Gasteiger partial charge in [-0.05, 0) is 64.8 Å². The van der Waals surface area contributed by atoms with Crippen LogP contribution in [0.2, 0.25) is 0 Å². The molecule has 0 fully saturated rings. The van der Waals surface area contributed by atoms with Crippen molar-refractivity contribution in [3.63, 3.8) is 0 Å². The number of carbonyl (C=O) groups is 2. The highest BCUT2D eigenvalue weighted by molar-refractivity contribution is 9.10. The Kier molecular flexibility index (Phi) is 10.4.